The Hall–Kier alpha value is -2.33. The average molecular weight is 395 g/mol. The number of nitrogens with one attached hydrogen (secondary N) is 1. The van der Waals surface area contributed by atoms with Crippen LogP contribution in [0.5, 0.6) is 0 Å². The molecule has 0 saturated heterocycles. The van der Waals surface area contributed by atoms with Crippen molar-refractivity contribution in [3.8, 4) is 0 Å². The number of benzene rings is 2. The first-order valence-corrected chi connectivity index (χ1v) is 9.24. The van der Waals surface area contributed by atoms with Crippen LogP contribution in [0.2, 0.25) is 0 Å². The number of aromatic amines is 1. The van der Waals surface area contributed by atoms with Gasteiger partial charge in [0.2, 0.25) is 0 Å². The normalized spacial score (nSPS) is 14.6. The molecule has 0 spiro atoms. The van der Waals surface area contributed by atoms with E-state index in [1.165, 1.54) is 27.7 Å². The molecule has 0 saturated carbocycles. The molecule has 0 atom stereocenters. The van der Waals surface area contributed by atoms with E-state index in [1.807, 2.05) is 29.2 Å². The zero-order valence-electron chi connectivity index (χ0n) is 14.1. The SMILES string of the molecule is Cc1[nH]c2ccccc2c1C1=CCN(C(=O)c2cccc(Br)c2)CC1. The summed E-state index contributed by atoms with van der Waals surface area (Å²) in [6.45, 7) is 3.52. The molecule has 126 valence electrons. The van der Waals surface area contributed by atoms with Crippen molar-refractivity contribution in [2.45, 2.75) is 13.3 Å². The van der Waals surface area contributed by atoms with E-state index in [-0.39, 0.29) is 5.91 Å². The zero-order valence-corrected chi connectivity index (χ0v) is 15.6. The molecule has 1 aliphatic heterocycles. The van der Waals surface area contributed by atoms with Gasteiger partial charge in [-0.1, -0.05) is 46.3 Å². The summed E-state index contributed by atoms with van der Waals surface area (Å²) in [6.07, 6.45) is 3.07. The highest BCUT2D eigenvalue weighted by molar-refractivity contribution is 9.10. The average Bonchev–Trinajstić information content (AvgIpc) is 2.97. The van der Waals surface area contributed by atoms with Crippen LogP contribution in [0, 0.1) is 6.92 Å². The second-order valence-electron chi connectivity index (χ2n) is 6.41. The standard InChI is InChI=1S/C21H19BrN2O/c1-14-20(18-7-2-3-8-19(18)23-14)15-9-11-24(12-10-15)21(25)16-5-4-6-17(22)13-16/h2-9,13,23H,10-12H2,1H3. The summed E-state index contributed by atoms with van der Waals surface area (Å²) in [5.74, 6) is 0.0900. The number of hydrogen-bond donors (Lipinski definition) is 1. The van der Waals surface area contributed by atoms with Gasteiger partial charge in [-0.25, -0.2) is 0 Å². The predicted molar refractivity (Wildman–Crippen MR) is 106 cm³/mol. The van der Waals surface area contributed by atoms with Gasteiger partial charge in [-0.15, -0.1) is 0 Å². The van der Waals surface area contributed by atoms with E-state index in [0.29, 0.717) is 6.54 Å². The smallest absolute Gasteiger partial charge is 0.254 e. The number of carbonyl (C=O) groups excluding carboxylic acids is 1. The number of aryl methyl sites for hydroxylation is 1. The number of amides is 1. The third kappa shape index (κ3) is 3.02. The molecule has 3 aromatic rings. The van der Waals surface area contributed by atoms with Crippen LogP contribution in [0.1, 0.15) is 28.0 Å². The highest BCUT2D eigenvalue weighted by atomic mass is 79.9. The first-order chi connectivity index (χ1) is 12.1. The lowest BCUT2D eigenvalue weighted by molar-refractivity contribution is 0.0773. The summed E-state index contributed by atoms with van der Waals surface area (Å²) in [4.78, 5) is 18.1. The zero-order chi connectivity index (χ0) is 17.4. The molecule has 3 nitrogen and oxygen atoms in total. The van der Waals surface area contributed by atoms with Crippen molar-refractivity contribution in [2.75, 3.05) is 13.1 Å². The second kappa shape index (κ2) is 6.52. The molecule has 1 N–H and O–H groups in total. The summed E-state index contributed by atoms with van der Waals surface area (Å²) in [6, 6.07) is 16.0. The Morgan fingerprint density at radius 1 is 1.16 bits per heavy atom. The third-order valence-electron chi connectivity index (χ3n) is 4.78. The minimum Gasteiger partial charge on any atom is -0.358 e. The lowest BCUT2D eigenvalue weighted by Gasteiger charge is -2.27. The van der Waals surface area contributed by atoms with Crippen LogP contribution in [-0.4, -0.2) is 28.9 Å². The van der Waals surface area contributed by atoms with Crippen molar-refractivity contribution in [2.24, 2.45) is 0 Å². The van der Waals surface area contributed by atoms with Crippen molar-refractivity contribution >= 4 is 38.3 Å². The van der Waals surface area contributed by atoms with Gasteiger partial charge in [0.05, 0.1) is 0 Å². The monoisotopic (exact) mass is 394 g/mol. The number of fused-ring (bicyclic) bond motifs is 1. The molecule has 2 aromatic carbocycles. The molecule has 2 heterocycles. The summed E-state index contributed by atoms with van der Waals surface area (Å²) in [5, 5.41) is 1.26. The van der Waals surface area contributed by atoms with Crippen LogP contribution in [0.3, 0.4) is 0 Å². The minimum atomic E-state index is 0.0900. The Morgan fingerprint density at radius 3 is 2.76 bits per heavy atom. The summed E-state index contributed by atoms with van der Waals surface area (Å²) in [5.41, 5.74) is 5.72. The molecule has 25 heavy (non-hydrogen) atoms. The fourth-order valence-corrected chi connectivity index (χ4v) is 3.97. The fraction of sp³-hybridized carbons (Fsp3) is 0.190. The molecule has 4 rings (SSSR count). The molecule has 1 aromatic heterocycles. The van der Waals surface area contributed by atoms with Gasteiger partial charge in [0, 0.05) is 45.3 Å². The van der Waals surface area contributed by atoms with Crippen LogP contribution in [0.4, 0.5) is 0 Å². The van der Waals surface area contributed by atoms with Crippen molar-refractivity contribution < 1.29 is 4.79 Å². The number of aromatic nitrogens is 1. The number of hydrogen-bond acceptors (Lipinski definition) is 1. The molecule has 0 unspecified atom stereocenters. The van der Waals surface area contributed by atoms with Crippen molar-refractivity contribution in [3.05, 3.63) is 75.9 Å². The van der Waals surface area contributed by atoms with Crippen LogP contribution >= 0.6 is 15.9 Å². The Kier molecular flexibility index (Phi) is 4.22. The van der Waals surface area contributed by atoms with Gasteiger partial charge in [-0.05, 0) is 43.2 Å². The number of rotatable bonds is 2. The number of para-hydroxylation sites is 1. The van der Waals surface area contributed by atoms with Crippen molar-refractivity contribution in [1.29, 1.82) is 0 Å². The Labute approximate surface area is 155 Å². The maximum atomic E-state index is 12.7. The van der Waals surface area contributed by atoms with Gasteiger partial charge < -0.3 is 9.88 Å². The Balaban J connectivity index is 1.60. The predicted octanol–water partition coefficient (Wildman–Crippen LogP) is 5.17. The van der Waals surface area contributed by atoms with Gasteiger partial charge in [0.25, 0.3) is 5.91 Å². The third-order valence-corrected chi connectivity index (χ3v) is 5.28. The highest BCUT2D eigenvalue weighted by Gasteiger charge is 2.21. The second-order valence-corrected chi connectivity index (χ2v) is 7.33. The molecular weight excluding hydrogens is 376 g/mol. The van der Waals surface area contributed by atoms with Crippen LogP contribution in [0.15, 0.2) is 59.1 Å². The number of halogens is 1. The van der Waals surface area contributed by atoms with Crippen molar-refractivity contribution in [3.63, 3.8) is 0 Å². The fourth-order valence-electron chi connectivity index (χ4n) is 3.58. The van der Waals surface area contributed by atoms with E-state index < -0.39 is 0 Å². The minimum absolute atomic E-state index is 0.0900. The van der Waals surface area contributed by atoms with Gasteiger partial charge in [0.1, 0.15) is 0 Å². The topological polar surface area (TPSA) is 36.1 Å². The lowest BCUT2D eigenvalue weighted by Crippen LogP contribution is -2.34. The van der Waals surface area contributed by atoms with Gasteiger partial charge >= 0.3 is 0 Å². The number of carbonyl (C=O) groups is 1. The van der Waals surface area contributed by atoms with E-state index in [9.17, 15) is 4.79 Å². The highest BCUT2D eigenvalue weighted by Crippen LogP contribution is 2.32. The number of H-pyrrole nitrogens is 1. The molecular formula is C21H19BrN2O. The summed E-state index contributed by atoms with van der Waals surface area (Å²) < 4.78 is 0.931. The van der Waals surface area contributed by atoms with Crippen LogP contribution in [-0.2, 0) is 0 Å². The first kappa shape index (κ1) is 16.2. The summed E-state index contributed by atoms with van der Waals surface area (Å²) >= 11 is 3.43. The molecule has 1 amide bonds. The summed E-state index contributed by atoms with van der Waals surface area (Å²) in [7, 11) is 0. The van der Waals surface area contributed by atoms with E-state index >= 15 is 0 Å². The van der Waals surface area contributed by atoms with Gasteiger partial charge in [0.15, 0.2) is 0 Å². The van der Waals surface area contributed by atoms with Crippen LogP contribution in [0.25, 0.3) is 16.5 Å². The van der Waals surface area contributed by atoms with Gasteiger partial charge in [-0.2, -0.15) is 0 Å². The maximum absolute atomic E-state index is 12.7. The Bertz CT molecular complexity index is 986. The molecule has 4 heteroatoms. The Morgan fingerprint density at radius 2 is 2.00 bits per heavy atom. The first-order valence-electron chi connectivity index (χ1n) is 8.45. The van der Waals surface area contributed by atoms with Crippen LogP contribution < -0.4 is 0 Å². The largest absolute Gasteiger partial charge is 0.358 e. The van der Waals surface area contributed by atoms with E-state index in [4.69, 9.17) is 0 Å². The number of nitrogens with zero attached hydrogens (tertiary/aromatic N) is 1. The van der Waals surface area contributed by atoms with E-state index in [1.54, 1.807) is 0 Å². The lowest BCUT2D eigenvalue weighted by atomic mass is 9.96. The van der Waals surface area contributed by atoms with Crippen molar-refractivity contribution in [1.82, 2.24) is 9.88 Å². The molecule has 0 fully saturated rings. The maximum Gasteiger partial charge on any atom is 0.254 e. The molecule has 0 radical (unpaired) electrons. The van der Waals surface area contributed by atoms with E-state index in [2.05, 4.69) is 58.2 Å². The quantitative estimate of drug-likeness (QED) is 0.639. The molecule has 0 aliphatic carbocycles. The molecule has 0 bridgehead atoms. The van der Waals surface area contributed by atoms with E-state index in [0.717, 1.165) is 23.0 Å². The van der Waals surface area contributed by atoms with Gasteiger partial charge in [-0.3, -0.25) is 4.79 Å². The molecule has 1 aliphatic rings.